The van der Waals surface area contributed by atoms with Crippen LogP contribution >= 0.6 is 0 Å². The van der Waals surface area contributed by atoms with Gasteiger partial charge < -0.3 is 28.4 Å². The van der Waals surface area contributed by atoms with E-state index in [0.717, 1.165) is 0 Å². The van der Waals surface area contributed by atoms with E-state index in [4.69, 9.17) is 30.0 Å². The molecule has 0 aliphatic heterocycles. The van der Waals surface area contributed by atoms with Crippen LogP contribution in [0.1, 0.15) is 15.7 Å². The maximum absolute atomic E-state index is 9.99. The summed E-state index contributed by atoms with van der Waals surface area (Å²) < 4.78 is 8.74. The molecule has 1 unspecified atom stereocenters. The molecule has 0 aromatic heterocycles. The fourth-order valence-corrected chi connectivity index (χ4v) is 0.402. The van der Waals surface area contributed by atoms with Gasteiger partial charge in [0.2, 0.25) is 0 Å². The van der Waals surface area contributed by atoms with Crippen molar-refractivity contribution < 1.29 is 36.7 Å². The molecular formula is C5H16AlMgNO7Si. The summed E-state index contributed by atoms with van der Waals surface area (Å²) in [5, 5.41) is 16.3. The van der Waals surface area contributed by atoms with Crippen LogP contribution in [0, 0.1) is 0 Å². The zero-order valence-corrected chi connectivity index (χ0v) is 10.2. The fraction of sp³-hybridized carbons (Fsp3) is 0.600. The Morgan fingerprint density at radius 3 is 1.81 bits per heavy atom. The van der Waals surface area contributed by atoms with Gasteiger partial charge in [0, 0.05) is 6.42 Å². The van der Waals surface area contributed by atoms with Gasteiger partial charge in [-0.25, -0.2) is 0 Å². The van der Waals surface area contributed by atoms with Crippen LogP contribution in [-0.4, -0.2) is 87.4 Å². The number of hydrogen-bond acceptors (Lipinski definition) is 4. The van der Waals surface area contributed by atoms with Crippen molar-refractivity contribution in [2.45, 2.75) is 18.9 Å². The van der Waals surface area contributed by atoms with Gasteiger partial charge in [-0.05, 0) is 6.42 Å². The van der Waals surface area contributed by atoms with E-state index in [1.165, 1.54) is 0 Å². The molecule has 0 bridgehead atoms. The molecule has 0 aromatic rings. The number of rotatable bonds is 4. The van der Waals surface area contributed by atoms with E-state index in [-0.39, 0.29) is 56.1 Å². The van der Waals surface area contributed by atoms with Crippen LogP contribution in [-0.2, 0) is 14.1 Å². The van der Waals surface area contributed by atoms with Gasteiger partial charge in [-0.1, -0.05) is 0 Å². The summed E-state index contributed by atoms with van der Waals surface area (Å²) in [4.78, 5) is 34.2. The van der Waals surface area contributed by atoms with Crippen molar-refractivity contribution >= 4 is 61.5 Å². The van der Waals surface area contributed by atoms with Gasteiger partial charge in [0.05, 0.1) is 0 Å². The number of carboxylic acid groups (broad SMARTS) is 2. The van der Waals surface area contributed by atoms with E-state index in [0.29, 0.717) is 0 Å². The summed E-state index contributed by atoms with van der Waals surface area (Å²) in [7, 11) is -3.13. The average Bonchev–Trinajstić information content (AvgIpc) is 1.98. The minimum atomic E-state index is -3.13. The predicted octanol–water partition coefficient (Wildman–Crippen LogP) is -3.69. The number of hydrogen-bond donors (Lipinski definition) is 5. The molecule has 0 heterocycles. The second-order valence-electron chi connectivity index (χ2n) is 2.16. The monoisotopic (exact) mass is 281 g/mol. The van der Waals surface area contributed by atoms with Crippen LogP contribution < -0.4 is 5.73 Å². The van der Waals surface area contributed by atoms with Gasteiger partial charge in [0.1, 0.15) is 6.04 Å². The summed E-state index contributed by atoms with van der Waals surface area (Å²) in [6.07, 6.45) is -0.224. The molecule has 0 aliphatic carbocycles. The second kappa shape index (κ2) is 14.8. The zero-order chi connectivity index (χ0) is 11.7. The summed E-state index contributed by atoms with van der Waals surface area (Å²) in [5.74, 6) is -2.20. The number of nitrogens with two attached hydrogens (primary N) is 1. The summed E-state index contributed by atoms with van der Waals surface area (Å²) in [5.41, 5.74) is 5.00. The molecule has 0 saturated carbocycles. The Labute approximate surface area is 123 Å². The van der Waals surface area contributed by atoms with E-state index in [2.05, 4.69) is 0 Å². The van der Waals surface area contributed by atoms with E-state index in [1.54, 1.807) is 0 Å². The first-order valence-electron chi connectivity index (χ1n) is 3.39. The van der Waals surface area contributed by atoms with Crippen LogP contribution in [0.3, 0.4) is 0 Å². The van der Waals surface area contributed by atoms with Gasteiger partial charge >= 0.3 is 44.2 Å². The number of aliphatic carboxylic acids is 2. The molecule has 0 saturated heterocycles. The van der Waals surface area contributed by atoms with Gasteiger partial charge in [-0.2, -0.15) is 0 Å². The van der Waals surface area contributed by atoms with Crippen molar-refractivity contribution in [3.8, 4) is 0 Å². The predicted molar refractivity (Wildman–Crippen MR) is 61.3 cm³/mol. The maximum atomic E-state index is 9.99. The molecular weight excluding hydrogens is 265 g/mol. The third kappa shape index (κ3) is 29.2. The summed E-state index contributed by atoms with van der Waals surface area (Å²) in [6.45, 7) is 0. The van der Waals surface area contributed by atoms with Crippen LogP contribution in [0.2, 0.25) is 0 Å². The van der Waals surface area contributed by atoms with Gasteiger partial charge in [0.15, 0.2) is 17.4 Å². The van der Waals surface area contributed by atoms with Crippen molar-refractivity contribution in [1.29, 1.82) is 0 Å². The van der Waals surface area contributed by atoms with Crippen LogP contribution in [0.15, 0.2) is 0 Å². The molecule has 16 heavy (non-hydrogen) atoms. The molecule has 0 radical (unpaired) electrons. The Kier molecular flexibility index (Phi) is 23.0. The van der Waals surface area contributed by atoms with Crippen molar-refractivity contribution in [2.75, 3.05) is 0 Å². The van der Waals surface area contributed by atoms with Gasteiger partial charge in [-0.15, -0.1) is 0 Å². The standard InChI is InChI=1S/C5H9NO4.Al.Mg.H2O3Si.5H/c6-3(5(9)10)1-2-4(7)8;;;1-4(2)3;;;;;/h3H,1-2,6H2,(H,7,8)(H,9,10);;;1-2H;;;;;/q;;+2;;;;;2*-1. The number of carboxylic acids is 2. The van der Waals surface area contributed by atoms with Gasteiger partial charge in [0.25, 0.3) is 0 Å². The summed E-state index contributed by atoms with van der Waals surface area (Å²) >= 11 is 0. The molecule has 0 rings (SSSR count). The quantitative estimate of drug-likeness (QED) is 0.329. The molecule has 92 valence electrons. The Morgan fingerprint density at radius 2 is 1.62 bits per heavy atom. The largest absolute Gasteiger partial charge is 2.00 e. The zero-order valence-electron chi connectivity index (χ0n) is 9.79. The molecule has 0 aromatic carbocycles. The number of carbonyl (C=O) groups is 2. The van der Waals surface area contributed by atoms with E-state index in [1.807, 2.05) is 0 Å². The first kappa shape index (κ1) is 24.9. The topological polar surface area (TPSA) is 158 Å². The van der Waals surface area contributed by atoms with Crippen LogP contribution in [0.4, 0.5) is 0 Å². The van der Waals surface area contributed by atoms with Crippen molar-refractivity contribution in [1.82, 2.24) is 0 Å². The molecule has 8 nitrogen and oxygen atoms in total. The molecule has 0 aliphatic rings. The molecule has 11 heteroatoms. The normalized spacial score (nSPS) is 9.31. The smallest absolute Gasteiger partial charge is 1.00 e. The Hall–Kier alpha value is -0.184. The van der Waals surface area contributed by atoms with E-state index < -0.39 is 27.2 Å². The first-order chi connectivity index (χ1) is 6.27. The SMILES string of the molecule is NC(CCC(=O)O)C(=O)O.O=[Si](O)O.[AlH3].[H-].[H-].[Mg+2]. The fourth-order valence-electron chi connectivity index (χ4n) is 0.402. The van der Waals surface area contributed by atoms with Crippen molar-refractivity contribution in [2.24, 2.45) is 5.73 Å². The van der Waals surface area contributed by atoms with Crippen molar-refractivity contribution in [3.63, 3.8) is 0 Å². The Balaban J connectivity index is -0.0000000402. The van der Waals surface area contributed by atoms with Crippen LogP contribution in [0.5, 0.6) is 0 Å². The van der Waals surface area contributed by atoms with E-state index in [9.17, 15) is 9.59 Å². The molecule has 6 N–H and O–H groups in total. The minimum absolute atomic E-state index is 0. The molecule has 1 atom stereocenters. The third-order valence-electron chi connectivity index (χ3n) is 0.986. The second-order valence-corrected chi connectivity index (χ2v) is 2.72. The molecule has 0 spiro atoms. The molecule has 0 fully saturated rings. The average molecular weight is 282 g/mol. The Morgan fingerprint density at radius 1 is 1.31 bits per heavy atom. The maximum Gasteiger partial charge on any atom is 2.00 e. The Bertz CT molecular complexity index is 234. The van der Waals surface area contributed by atoms with E-state index >= 15 is 0 Å². The van der Waals surface area contributed by atoms with Crippen molar-refractivity contribution in [3.05, 3.63) is 0 Å². The summed E-state index contributed by atoms with van der Waals surface area (Å²) in [6, 6.07) is -1.06. The minimum Gasteiger partial charge on any atom is -1.00 e. The van der Waals surface area contributed by atoms with Gasteiger partial charge in [-0.3, -0.25) is 14.1 Å². The molecule has 0 amide bonds. The first-order valence-corrected chi connectivity index (χ1v) is 4.69. The third-order valence-corrected chi connectivity index (χ3v) is 0.986. The van der Waals surface area contributed by atoms with Crippen LogP contribution in [0.25, 0.3) is 0 Å².